The Balaban J connectivity index is 2.39. The third-order valence-corrected chi connectivity index (χ3v) is 2.86. The lowest BCUT2D eigenvalue weighted by atomic mass is 9.91. The van der Waals surface area contributed by atoms with Crippen LogP contribution < -0.4 is 11.5 Å². The number of rotatable bonds is 2. The Morgan fingerprint density at radius 3 is 2.38 bits per heavy atom. The molecule has 1 aliphatic rings. The minimum atomic E-state index is 0.0282. The van der Waals surface area contributed by atoms with Crippen molar-refractivity contribution in [2.45, 2.75) is 37.8 Å². The molecule has 0 unspecified atom stereocenters. The van der Waals surface area contributed by atoms with Gasteiger partial charge in [-0.1, -0.05) is 0 Å². The molecule has 1 saturated carbocycles. The molecule has 13 heavy (non-hydrogen) atoms. The second-order valence-corrected chi connectivity index (χ2v) is 3.78. The van der Waals surface area contributed by atoms with Gasteiger partial charge in [-0.15, -0.1) is 0 Å². The van der Waals surface area contributed by atoms with Crippen molar-refractivity contribution >= 4 is 5.91 Å². The molecule has 4 heteroatoms. The van der Waals surface area contributed by atoms with Gasteiger partial charge >= 0.3 is 0 Å². The van der Waals surface area contributed by atoms with Crippen LogP contribution in [0, 0.1) is 0 Å². The molecule has 0 spiro atoms. The number of carbonyl (C=O) groups excluding carboxylic acids is 1. The number of hydrogen-bond donors (Lipinski definition) is 2. The summed E-state index contributed by atoms with van der Waals surface area (Å²) in [7, 11) is 1.83. The summed E-state index contributed by atoms with van der Waals surface area (Å²) in [5.41, 5.74) is 11.1. The Hall–Kier alpha value is -0.610. The van der Waals surface area contributed by atoms with Crippen LogP contribution >= 0.6 is 0 Å². The summed E-state index contributed by atoms with van der Waals surface area (Å²) in [5.74, 6) is 0.0282. The Morgan fingerprint density at radius 2 is 1.92 bits per heavy atom. The number of nitrogens with two attached hydrogens (primary N) is 2. The molecule has 0 bridgehead atoms. The van der Waals surface area contributed by atoms with E-state index in [2.05, 4.69) is 0 Å². The average Bonchev–Trinajstić information content (AvgIpc) is 2.17. The monoisotopic (exact) mass is 185 g/mol. The zero-order chi connectivity index (χ0) is 9.84. The van der Waals surface area contributed by atoms with E-state index in [9.17, 15) is 4.79 Å². The molecular weight excluding hydrogens is 166 g/mol. The molecule has 0 saturated heterocycles. The smallest absolute Gasteiger partial charge is 0.236 e. The molecule has 0 radical (unpaired) electrons. The fourth-order valence-corrected chi connectivity index (χ4v) is 1.84. The third kappa shape index (κ3) is 2.67. The first-order valence-corrected chi connectivity index (χ1v) is 4.86. The standard InChI is InChI=1S/C9H19N3O/c1-12(9(13)6-10)8-4-2-7(11)3-5-8/h7-8H,2-6,10-11H2,1H3. The Bertz CT molecular complexity index is 176. The van der Waals surface area contributed by atoms with Crippen LogP contribution in [-0.2, 0) is 4.79 Å². The van der Waals surface area contributed by atoms with Crippen molar-refractivity contribution in [1.82, 2.24) is 4.90 Å². The van der Waals surface area contributed by atoms with E-state index in [0.717, 1.165) is 25.7 Å². The number of amides is 1. The molecule has 4 nitrogen and oxygen atoms in total. The molecule has 1 amide bonds. The Morgan fingerprint density at radius 1 is 1.38 bits per heavy atom. The van der Waals surface area contributed by atoms with Crippen LogP contribution in [-0.4, -0.2) is 36.5 Å². The normalized spacial score (nSPS) is 28.5. The highest BCUT2D eigenvalue weighted by Crippen LogP contribution is 2.20. The molecule has 1 rings (SSSR count). The summed E-state index contributed by atoms with van der Waals surface area (Å²) in [4.78, 5) is 13.0. The topological polar surface area (TPSA) is 72.3 Å². The molecular formula is C9H19N3O. The van der Waals surface area contributed by atoms with Crippen LogP contribution in [0.15, 0.2) is 0 Å². The van der Waals surface area contributed by atoms with Gasteiger partial charge in [0.05, 0.1) is 6.54 Å². The zero-order valence-electron chi connectivity index (χ0n) is 8.20. The Labute approximate surface area is 79.3 Å². The lowest BCUT2D eigenvalue weighted by Gasteiger charge is -2.33. The molecule has 0 aliphatic heterocycles. The Kier molecular flexibility index (Phi) is 3.69. The maximum Gasteiger partial charge on any atom is 0.236 e. The highest BCUT2D eigenvalue weighted by molar-refractivity contribution is 5.78. The summed E-state index contributed by atoms with van der Waals surface area (Å²) in [6.45, 7) is 0.110. The van der Waals surface area contributed by atoms with Gasteiger partial charge in [0.15, 0.2) is 0 Å². The maximum absolute atomic E-state index is 11.3. The molecule has 0 atom stereocenters. The molecule has 1 aliphatic carbocycles. The van der Waals surface area contributed by atoms with Gasteiger partial charge in [0, 0.05) is 19.1 Å². The molecule has 0 aromatic carbocycles. The van der Waals surface area contributed by atoms with Gasteiger partial charge in [0.25, 0.3) is 0 Å². The molecule has 1 fully saturated rings. The molecule has 4 N–H and O–H groups in total. The molecule has 0 heterocycles. The summed E-state index contributed by atoms with van der Waals surface area (Å²) >= 11 is 0. The van der Waals surface area contributed by atoms with Gasteiger partial charge in [-0.25, -0.2) is 0 Å². The number of hydrogen-bond acceptors (Lipinski definition) is 3. The van der Waals surface area contributed by atoms with Crippen molar-refractivity contribution < 1.29 is 4.79 Å². The maximum atomic E-state index is 11.3. The number of carbonyl (C=O) groups is 1. The van der Waals surface area contributed by atoms with Crippen molar-refractivity contribution in [2.75, 3.05) is 13.6 Å². The van der Waals surface area contributed by atoms with Crippen LogP contribution in [0.25, 0.3) is 0 Å². The van der Waals surface area contributed by atoms with Crippen molar-refractivity contribution in [3.63, 3.8) is 0 Å². The lowest BCUT2D eigenvalue weighted by molar-refractivity contribution is -0.131. The van der Waals surface area contributed by atoms with Gasteiger partial charge in [0.2, 0.25) is 5.91 Å². The van der Waals surface area contributed by atoms with E-state index in [0.29, 0.717) is 12.1 Å². The van der Waals surface area contributed by atoms with Crippen LogP contribution in [0.1, 0.15) is 25.7 Å². The minimum Gasteiger partial charge on any atom is -0.342 e. The first-order chi connectivity index (χ1) is 6.15. The molecule has 0 aromatic rings. The van der Waals surface area contributed by atoms with E-state index in [-0.39, 0.29) is 12.5 Å². The predicted octanol–water partition coefficient (Wildman–Crippen LogP) is -0.327. The molecule has 76 valence electrons. The summed E-state index contributed by atoms with van der Waals surface area (Å²) in [6, 6.07) is 0.688. The van der Waals surface area contributed by atoms with Crippen molar-refractivity contribution in [1.29, 1.82) is 0 Å². The largest absolute Gasteiger partial charge is 0.342 e. The second-order valence-electron chi connectivity index (χ2n) is 3.78. The van der Waals surface area contributed by atoms with Crippen LogP contribution in [0.5, 0.6) is 0 Å². The lowest BCUT2D eigenvalue weighted by Crippen LogP contribution is -2.44. The van der Waals surface area contributed by atoms with Gasteiger partial charge < -0.3 is 16.4 Å². The van der Waals surface area contributed by atoms with Crippen molar-refractivity contribution in [3.8, 4) is 0 Å². The highest BCUT2D eigenvalue weighted by atomic mass is 16.2. The van der Waals surface area contributed by atoms with Gasteiger partial charge in [0.1, 0.15) is 0 Å². The van der Waals surface area contributed by atoms with E-state index in [1.54, 1.807) is 4.90 Å². The fourth-order valence-electron chi connectivity index (χ4n) is 1.84. The van der Waals surface area contributed by atoms with Crippen LogP contribution in [0.3, 0.4) is 0 Å². The summed E-state index contributed by atoms with van der Waals surface area (Å²) in [5, 5.41) is 0. The molecule has 0 aromatic heterocycles. The van der Waals surface area contributed by atoms with Gasteiger partial charge in [-0.3, -0.25) is 4.79 Å². The SMILES string of the molecule is CN(C(=O)CN)C1CCC(N)CC1. The average molecular weight is 185 g/mol. The quantitative estimate of drug-likeness (QED) is 0.619. The number of nitrogens with zero attached hydrogens (tertiary/aromatic N) is 1. The van der Waals surface area contributed by atoms with Crippen molar-refractivity contribution in [3.05, 3.63) is 0 Å². The van der Waals surface area contributed by atoms with Crippen molar-refractivity contribution in [2.24, 2.45) is 11.5 Å². The predicted molar refractivity (Wildman–Crippen MR) is 52.1 cm³/mol. The van der Waals surface area contributed by atoms with E-state index >= 15 is 0 Å². The second kappa shape index (κ2) is 4.58. The van der Waals surface area contributed by atoms with Crippen LogP contribution in [0.4, 0.5) is 0 Å². The van der Waals surface area contributed by atoms with Gasteiger partial charge in [-0.2, -0.15) is 0 Å². The summed E-state index contributed by atoms with van der Waals surface area (Å²) < 4.78 is 0. The van der Waals surface area contributed by atoms with Crippen LogP contribution in [0.2, 0.25) is 0 Å². The zero-order valence-corrected chi connectivity index (χ0v) is 8.20. The van der Waals surface area contributed by atoms with E-state index in [1.165, 1.54) is 0 Å². The first-order valence-electron chi connectivity index (χ1n) is 4.86. The number of likely N-dealkylation sites (N-methyl/N-ethyl adjacent to an activating group) is 1. The third-order valence-electron chi connectivity index (χ3n) is 2.86. The summed E-state index contributed by atoms with van der Waals surface area (Å²) in [6.07, 6.45) is 4.08. The fraction of sp³-hybridized carbons (Fsp3) is 0.889. The first kappa shape index (κ1) is 10.5. The van der Waals surface area contributed by atoms with E-state index in [4.69, 9.17) is 11.5 Å². The van der Waals surface area contributed by atoms with E-state index in [1.807, 2.05) is 7.05 Å². The van der Waals surface area contributed by atoms with E-state index < -0.39 is 0 Å². The van der Waals surface area contributed by atoms with Gasteiger partial charge in [-0.05, 0) is 25.7 Å². The highest BCUT2D eigenvalue weighted by Gasteiger charge is 2.23. The minimum absolute atomic E-state index is 0.0282.